The first-order chi connectivity index (χ1) is 11.0. The maximum Gasteiger partial charge on any atom is 0.264 e. The molecule has 0 aliphatic rings. The highest BCUT2D eigenvalue weighted by Gasteiger charge is 2.09. The summed E-state index contributed by atoms with van der Waals surface area (Å²) in [6.45, 7) is 3.92. The number of hydrogen-bond acceptors (Lipinski definition) is 4. The molecule has 0 radical (unpaired) electrons. The van der Waals surface area contributed by atoms with Gasteiger partial charge < -0.3 is 4.74 Å². The molecule has 0 spiro atoms. The van der Waals surface area contributed by atoms with Crippen LogP contribution in [0.15, 0.2) is 36.4 Å². The lowest BCUT2D eigenvalue weighted by atomic mass is 10.1. The molecule has 0 unspecified atom stereocenters. The Morgan fingerprint density at radius 1 is 1.22 bits per heavy atom. The van der Waals surface area contributed by atoms with Gasteiger partial charge in [0, 0.05) is 0 Å². The fourth-order valence-electron chi connectivity index (χ4n) is 2.07. The molecule has 3 rings (SSSR count). The average molecular weight is 330 g/mol. The molecule has 0 aliphatic carbocycles. The van der Waals surface area contributed by atoms with Gasteiger partial charge in [0.05, 0.1) is 10.2 Å². The van der Waals surface area contributed by atoms with Crippen LogP contribution in [0.5, 0.6) is 5.75 Å². The predicted octanol–water partition coefficient (Wildman–Crippen LogP) is 4.07. The molecule has 23 heavy (non-hydrogen) atoms. The summed E-state index contributed by atoms with van der Waals surface area (Å²) in [6.07, 6.45) is 0. The van der Waals surface area contributed by atoms with Crippen molar-refractivity contribution < 1.29 is 13.9 Å². The van der Waals surface area contributed by atoms with Crippen molar-refractivity contribution in [3.05, 3.63) is 53.3 Å². The molecule has 0 atom stereocenters. The van der Waals surface area contributed by atoms with Crippen molar-refractivity contribution in [1.29, 1.82) is 0 Å². The lowest BCUT2D eigenvalue weighted by molar-refractivity contribution is -0.118. The Labute approximate surface area is 136 Å². The number of nitrogens with one attached hydrogen (secondary N) is 1. The van der Waals surface area contributed by atoms with Crippen molar-refractivity contribution in [1.82, 2.24) is 4.98 Å². The molecule has 1 heterocycles. The fourth-order valence-corrected chi connectivity index (χ4v) is 3.03. The van der Waals surface area contributed by atoms with Crippen LogP contribution in [-0.4, -0.2) is 17.5 Å². The van der Waals surface area contributed by atoms with E-state index in [2.05, 4.69) is 16.4 Å². The minimum Gasteiger partial charge on any atom is -0.484 e. The van der Waals surface area contributed by atoms with Gasteiger partial charge in [-0.25, -0.2) is 9.37 Å². The summed E-state index contributed by atoms with van der Waals surface area (Å²) in [4.78, 5) is 16.3. The van der Waals surface area contributed by atoms with Gasteiger partial charge in [-0.15, -0.1) is 0 Å². The van der Waals surface area contributed by atoms with E-state index < -0.39 is 0 Å². The van der Waals surface area contributed by atoms with E-state index in [4.69, 9.17) is 4.74 Å². The van der Waals surface area contributed by atoms with E-state index in [1.807, 2.05) is 19.9 Å². The number of halogens is 1. The Balaban J connectivity index is 1.64. The molecule has 1 N–H and O–H groups in total. The Kier molecular flexibility index (Phi) is 4.25. The Bertz CT molecular complexity index is 820. The van der Waals surface area contributed by atoms with Crippen molar-refractivity contribution in [3.63, 3.8) is 0 Å². The first-order valence-electron chi connectivity index (χ1n) is 7.07. The third-order valence-corrected chi connectivity index (χ3v) is 4.37. The zero-order valence-corrected chi connectivity index (χ0v) is 13.5. The number of amides is 1. The van der Waals surface area contributed by atoms with Gasteiger partial charge in [0.15, 0.2) is 11.7 Å². The van der Waals surface area contributed by atoms with E-state index >= 15 is 0 Å². The van der Waals surface area contributed by atoms with E-state index in [1.54, 1.807) is 0 Å². The molecule has 1 amide bonds. The highest BCUT2D eigenvalue weighted by atomic mass is 32.1. The molecule has 4 nitrogen and oxygen atoms in total. The van der Waals surface area contributed by atoms with Crippen molar-refractivity contribution >= 4 is 32.6 Å². The minimum absolute atomic E-state index is 0.153. The summed E-state index contributed by atoms with van der Waals surface area (Å²) >= 11 is 1.42. The van der Waals surface area contributed by atoms with Crippen molar-refractivity contribution in [2.24, 2.45) is 0 Å². The monoisotopic (exact) mass is 330 g/mol. The van der Waals surface area contributed by atoms with Crippen molar-refractivity contribution in [2.75, 3.05) is 11.9 Å². The molecule has 0 fully saturated rings. The van der Waals surface area contributed by atoms with E-state index in [0.29, 0.717) is 10.9 Å². The van der Waals surface area contributed by atoms with Gasteiger partial charge in [0.1, 0.15) is 11.6 Å². The van der Waals surface area contributed by atoms with Crippen molar-refractivity contribution in [3.8, 4) is 5.75 Å². The number of nitrogens with zero attached hydrogens (tertiary/aromatic N) is 1. The first kappa shape index (κ1) is 15.4. The molecular formula is C17H15FN2O2S. The third-order valence-electron chi connectivity index (χ3n) is 3.43. The summed E-state index contributed by atoms with van der Waals surface area (Å²) < 4.78 is 19.1. The number of thiazole rings is 1. The lowest BCUT2D eigenvalue weighted by Gasteiger charge is -2.05. The van der Waals surface area contributed by atoms with Gasteiger partial charge >= 0.3 is 0 Å². The second-order valence-electron chi connectivity index (χ2n) is 5.21. The molecule has 3 aromatic rings. The van der Waals surface area contributed by atoms with Gasteiger partial charge in [0.2, 0.25) is 0 Å². The lowest BCUT2D eigenvalue weighted by Crippen LogP contribution is -2.19. The number of benzene rings is 2. The normalized spacial score (nSPS) is 10.7. The second kappa shape index (κ2) is 6.34. The van der Waals surface area contributed by atoms with Gasteiger partial charge in [0.25, 0.3) is 5.91 Å². The Morgan fingerprint density at radius 3 is 2.65 bits per heavy atom. The molecule has 0 bridgehead atoms. The molecule has 2 aromatic carbocycles. The first-order valence-corrected chi connectivity index (χ1v) is 7.89. The predicted molar refractivity (Wildman–Crippen MR) is 89.6 cm³/mol. The number of carbonyl (C=O) groups excluding carboxylic acids is 1. The SMILES string of the molecule is Cc1cc2nc(NC(=O)COc3ccc(F)cc3)sc2cc1C. The zero-order chi connectivity index (χ0) is 16.4. The number of ether oxygens (including phenoxy) is 1. The van der Waals surface area contributed by atoms with E-state index in [1.165, 1.54) is 46.7 Å². The van der Waals surface area contributed by atoms with Gasteiger partial charge in [-0.1, -0.05) is 11.3 Å². The molecule has 6 heteroatoms. The smallest absolute Gasteiger partial charge is 0.264 e. The number of carbonyl (C=O) groups is 1. The maximum atomic E-state index is 12.8. The van der Waals surface area contributed by atoms with E-state index in [9.17, 15) is 9.18 Å². The van der Waals surface area contributed by atoms with Gasteiger partial charge in [-0.05, 0) is 61.4 Å². The minimum atomic E-state index is -0.345. The summed E-state index contributed by atoms with van der Waals surface area (Å²) in [7, 11) is 0. The average Bonchev–Trinajstić information content (AvgIpc) is 2.88. The van der Waals surface area contributed by atoms with Gasteiger partial charge in [-0.3, -0.25) is 10.1 Å². The quantitative estimate of drug-likeness (QED) is 0.784. The van der Waals surface area contributed by atoms with Crippen LogP contribution in [0.4, 0.5) is 9.52 Å². The topological polar surface area (TPSA) is 51.2 Å². The molecule has 0 saturated heterocycles. The number of hydrogen-bond donors (Lipinski definition) is 1. The largest absolute Gasteiger partial charge is 0.484 e. The zero-order valence-electron chi connectivity index (χ0n) is 12.7. The number of aromatic nitrogens is 1. The summed E-state index contributed by atoms with van der Waals surface area (Å²) in [5.74, 6) is -0.208. The molecule has 0 saturated carbocycles. The Morgan fingerprint density at radius 2 is 1.91 bits per heavy atom. The Hall–Kier alpha value is -2.47. The number of rotatable bonds is 4. The van der Waals surface area contributed by atoms with Crippen LogP contribution in [0.1, 0.15) is 11.1 Å². The van der Waals surface area contributed by atoms with Crippen LogP contribution in [0.2, 0.25) is 0 Å². The standard InChI is InChI=1S/C17H15FN2O2S/c1-10-7-14-15(8-11(10)2)23-17(19-14)20-16(21)9-22-13-5-3-12(18)4-6-13/h3-8H,9H2,1-2H3,(H,19,20,21). The summed E-state index contributed by atoms with van der Waals surface area (Å²) in [5, 5.41) is 3.26. The summed E-state index contributed by atoms with van der Waals surface area (Å²) in [5.41, 5.74) is 3.23. The number of aryl methyl sites for hydroxylation is 2. The number of fused-ring (bicyclic) bond motifs is 1. The van der Waals surface area contributed by atoms with E-state index in [-0.39, 0.29) is 18.3 Å². The highest BCUT2D eigenvalue weighted by molar-refractivity contribution is 7.22. The molecule has 0 aliphatic heterocycles. The van der Waals surface area contributed by atoms with Crippen LogP contribution < -0.4 is 10.1 Å². The molecular weight excluding hydrogens is 315 g/mol. The van der Waals surface area contributed by atoms with Crippen LogP contribution in [0.25, 0.3) is 10.2 Å². The fraction of sp³-hybridized carbons (Fsp3) is 0.176. The number of anilines is 1. The van der Waals surface area contributed by atoms with Gasteiger partial charge in [-0.2, -0.15) is 0 Å². The van der Waals surface area contributed by atoms with Crippen LogP contribution in [-0.2, 0) is 4.79 Å². The van der Waals surface area contributed by atoms with Crippen LogP contribution >= 0.6 is 11.3 Å². The second-order valence-corrected chi connectivity index (χ2v) is 6.24. The molecule has 1 aromatic heterocycles. The van der Waals surface area contributed by atoms with E-state index in [0.717, 1.165) is 10.2 Å². The summed E-state index contributed by atoms with van der Waals surface area (Å²) in [6, 6.07) is 9.59. The highest BCUT2D eigenvalue weighted by Crippen LogP contribution is 2.28. The third kappa shape index (κ3) is 3.65. The van der Waals surface area contributed by atoms with Crippen LogP contribution in [0.3, 0.4) is 0 Å². The van der Waals surface area contributed by atoms with Crippen LogP contribution in [0, 0.1) is 19.7 Å². The van der Waals surface area contributed by atoms with Crippen molar-refractivity contribution in [2.45, 2.75) is 13.8 Å². The maximum absolute atomic E-state index is 12.8. The molecule has 118 valence electrons.